The molecule has 1 aliphatic rings. The minimum atomic E-state index is 0.838. The monoisotopic (exact) mass is 139 g/mol. The molecule has 0 radical (unpaired) electrons. The lowest BCUT2D eigenvalue weighted by Gasteiger charge is -2.17. The lowest BCUT2D eigenvalue weighted by molar-refractivity contribution is 0.623. The molecule has 0 aromatic heterocycles. The molecule has 0 amide bonds. The fourth-order valence-electron chi connectivity index (χ4n) is 1.02. The molecule has 0 aromatic carbocycles. The highest BCUT2D eigenvalue weighted by atomic mass is 15.2. The molecule has 0 saturated heterocycles. The second kappa shape index (κ2) is 2.82. The molecule has 3 heteroatoms. The second-order valence-electron chi connectivity index (χ2n) is 2.57. The van der Waals surface area contributed by atoms with E-state index in [-0.39, 0.29) is 0 Å². The van der Waals surface area contributed by atoms with E-state index in [4.69, 9.17) is 0 Å². The zero-order valence-corrected chi connectivity index (χ0v) is 6.76. The van der Waals surface area contributed by atoms with Crippen LogP contribution in [-0.2, 0) is 0 Å². The van der Waals surface area contributed by atoms with E-state index in [0.29, 0.717) is 0 Å². The number of hydrogen-bond donors (Lipinski definition) is 0. The third kappa shape index (κ3) is 1.35. The molecule has 1 rings (SSSR count). The summed E-state index contributed by atoms with van der Waals surface area (Å²) in [4.78, 5) is 10.6. The maximum Gasteiger partial charge on any atom is 0.144 e. The van der Waals surface area contributed by atoms with Crippen LogP contribution in [0.15, 0.2) is 9.98 Å². The Bertz CT molecular complexity index is 179. The first kappa shape index (κ1) is 7.25. The molecular weight excluding hydrogens is 126 g/mol. The van der Waals surface area contributed by atoms with Crippen molar-refractivity contribution in [2.45, 2.75) is 6.92 Å². The standard InChI is InChI=1S/C7H13N3/c1-6-7(10(2)3)9-5-4-8-6/h4-5H2,1-3H3. The summed E-state index contributed by atoms with van der Waals surface area (Å²) in [5, 5.41) is 0. The van der Waals surface area contributed by atoms with Crippen LogP contribution in [0.3, 0.4) is 0 Å². The average Bonchev–Trinajstić information content (AvgIpc) is 1.88. The van der Waals surface area contributed by atoms with Gasteiger partial charge in [0.05, 0.1) is 18.8 Å². The number of rotatable bonds is 0. The van der Waals surface area contributed by atoms with Crippen LogP contribution in [0, 0.1) is 0 Å². The predicted molar refractivity (Wildman–Crippen MR) is 44.0 cm³/mol. The molecule has 0 aromatic rings. The summed E-state index contributed by atoms with van der Waals surface area (Å²) in [6.07, 6.45) is 0. The summed E-state index contributed by atoms with van der Waals surface area (Å²) in [5.41, 5.74) is 1.05. The highest BCUT2D eigenvalue weighted by Crippen LogP contribution is 1.95. The third-order valence-electron chi connectivity index (χ3n) is 1.46. The van der Waals surface area contributed by atoms with Crippen molar-refractivity contribution in [2.24, 2.45) is 9.98 Å². The Labute approximate surface area is 61.5 Å². The Morgan fingerprint density at radius 3 is 2.20 bits per heavy atom. The highest BCUT2D eigenvalue weighted by molar-refractivity contribution is 6.40. The largest absolute Gasteiger partial charge is 0.362 e. The number of nitrogens with zero attached hydrogens (tertiary/aromatic N) is 3. The number of aliphatic imine (C=N–C) groups is 2. The van der Waals surface area contributed by atoms with Gasteiger partial charge in [-0.05, 0) is 6.92 Å². The van der Waals surface area contributed by atoms with E-state index >= 15 is 0 Å². The quantitative estimate of drug-likeness (QED) is 0.478. The van der Waals surface area contributed by atoms with Crippen LogP contribution in [-0.4, -0.2) is 43.6 Å². The van der Waals surface area contributed by atoms with Gasteiger partial charge >= 0.3 is 0 Å². The minimum absolute atomic E-state index is 0.838. The van der Waals surface area contributed by atoms with Crippen LogP contribution in [0.2, 0.25) is 0 Å². The van der Waals surface area contributed by atoms with Crippen molar-refractivity contribution < 1.29 is 0 Å². The van der Waals surface area contributed by atoms with Gasteiger partial charge < -0.3 is 4.90 Å². The second-order valence-corrected chi connectivity index (χ2v) is 2.57. The highest BCUT2D eigenvalue weighted by Gasteiger charge is 2.07. The first-order chi connectivity index (χ1) is 4.72. The summed E-state index contributed by atoms with van der Waals surface area (Å²) in [6.45, 7) is 3.69. The fraction of sp³-hybridized carbons (Fsp3) is 0.714. The molecule has 0 atom stereocenters. The molecule has 0 N–H and O–H groups in total. The Morgan fingerprint density at radius 1 is 1.20 bits per heavy atom. The summed E-state index contributed by atoms with van der Waals surface area (Å²) in [6, 6.07) is 0. The molecule has 0 saturated carbocycles. The average molecular weight is 139 g/mol. The van der Waals surface area contributed by atoms with Crippen LogP contribution in [0.5, 0.6) is 0 Å². The summed E-state index contributed by atoms with van der Waals surface area (Å²) in [7, 11) is 3.98. The third-order valence-corrected chi connectivity index (χ3v) is 1.46. The first-order valence-corrected chi connectivity index (χ1v) is 3.45. The smallest absolute Gasteiger partial charge is 0.144 e. The molecule has 0 aliphatic carbocycles. The zero-order valence-electron chi connectivity index (χ0n) is 6.76. The van der Waals surface area contributed by atoms with Crippen LogP contribution >= 0.6 is 0 Å². The van der Waals surface area contributed by atoms with Gasteiger partial charge in [0.15, 0.2) is 0 Å². The van der Waals surface area contributed by atoms with Gasteiger partial charge in [-0.3, -0.25) is 9.98 Å². The molecule has 0 unspecified atom stereocenters. The molecule has 0 bridgehead atoms. The predicted octanol–water partition coefficient (Wildman–Crippen LogP) is 0.421. The van der Waals surface area contributed by atoms with E-state index in [9.17, 15) is 0 Å². The Balaban J connectivity index is 2.74. The Morgan fingerprint density at radius 2 is 1.80 bits per heavy atom. The maximum absolute atomic E-state index is 4.32. The van der Waals surface area contributed by atoms with Crippen molar-refractivity contribution in [1.29, 1.82) is 0 Å². The fourth-order valence-corrected chi connectivity index (χ4v) is 1.02. The molecule has 0 fully saturated rings. The summed E-state index contributed by atoms with van der Waals surface area (Å²) >= 11 is 0. The molecular formula is C7H13N3. The van der Waals surface area contributed by atoms with Crippen molar-refractivity contribution >= 4 is 11.5 Å². The summed E-state index contributed by atoms with van der Waals surface area (Å²) in [5.74, 6) is 1.02. The van der Waals surface area contributed by atoms with Crippen molar-refractivity contribution in [3.63, 3.8) is 0 Å². The van der Waals surface area contributed by atoms with Crippen LogP contribution < -0.4 is 0 Å². The molecule has 1 aliphatic heterocycles. The number of amidine groups is 1. The molecule has 3 nitrogen and oxygen atoms in total. The lowest BCUT2D eigenvalue weighted by Crippen LogP contribution is -2.31. The van der Waals surface area contributed by atoms with Crippen molar-refractivity contribution in [1.82, 2.24) is 4.90 Å². The van der Waals surface area contributed by atoms with E-state index in [2.05, 4.69) is 9.98 Å². The molecule has 0 spiro atoms. The summed E-state index contributed by atoms with van der Waals surface area (Å²) < 4.78 is 0. The van der Waals surface area contributed by atoms with Crippen LogP contribution in [0.4, 0.5) is 0 Å². The van der Waals surface area contributed by atoms with Gasteiger partial charge in [0.2, 0.25) is 0 Å². The van der Waals surface area contributed by atoms with E-state index in [1.807, 2.05) is 25.9 Å². The van der Waals surface area contributed by atoms with E-state index < -0.39 is 0 Å². The molecule has 56 valence electrons. The molecule has 1 heterocycles. The van der Waals surface area contributed by atoms with Gasteiger partial charge in [-0.2, -0.15) is 0 Å². The van der Waals surface area contributed by atoms with Gasteiger partial charge in [0.1, 0.15) is 5.84 Å². The van der Waals surface area contributed by atoms with Gasteiger partial charge in [0, 0.05) is 14.1 Å². The van der Waals surface area contributed by atoms with E-state index in [1.54, 1.807) is 0 Å². The van der Waals surface area contributed by atoms with Crippen LogP contribution in [0.1, 0.15) is 6.92 Å². The molecule has 10 heavy (non-hydrogen) atoms. The van der Waals surface area contributed by atoms with Crippen LogP contribution in [0.25, 0.3) is 0 Å². The Kier molecular flexibility index (Phi) is 2.04. The van der Waals surface area contributed by atoms with Crippen molar-refractivity contribution in [3.8, 4) is 0 Å². The van der Waals surface area contributed by atoms with Crippen molar-refractivity contribution in [2.75, 3.05) is 27.2 Å². The topological polar surface area (TPSA) is 28.0 Å². The van der Waals surface area contributed by atoms with Crippen molar-refractivity contribution in [3.05, 3.63) is 0 Å². The lowest BCUT2D eigenvalue weighted by atomic mass is 10.3. The zero-order chi connectivity index (χ0) is 7.56. The Hall–Kier alpha value is -0.860. The normalized spacial score (nSPS) is 17.9. The van der Waals surface area contributed by atoms with Gasteiger partial charge in [-0.25, -0.2) is 0 Å². The first-order valence-electron chi connectivity index (χ1n) is 3.45. The van der Waals surface area contributed by atoms with E-state index in [1.165, 1.54) is 0 Å². The van der Waals surface area contributed by atoms with Gasteiger partial charge in [-0.1, -0.05) is 0 Å². The van der Waals surface area contributed by atoms with Gasteiger partial charge in [0.25, 0.3) is 0 Å². The van der Waals surface area contributed by atoms with E-state index in [0.717, 1.165) is 24.6 Å². The maximum atomic E-state index is 4.32. The van der Waals surface area contributed by atoms with Gasteiger partial charge in [-0.15, -0.1) is 0 Å². The number of hydrogen-bond acceptors (Lipinski definition) is 3. The minimum Gasteiger partial charge on any atom is -0.362 e. The SMILES string of the molecule is CC1=NCCN=C1N(C)C.